The lowest BCUT2D eigenvalue weighted by atomic mass is 10.2. The molecule has 9 nitrogen and oxygen atoms in total. The van der Waals surface area contributed by atoms with Gasteiger partial charge < -0.3 is 20.6 Å². The number of benzene rings is 2. The molecule has 2 heterocycles. The number of anilines is 2. The summed E-state index contributed by atoms with van der Waals surface area (Å²) in [5, 5.41) is 5.75. The Kier molecular flexibility index (Phi) is 6.10. The Balaban J connectivity index is 1.35. The molecule has 0 bridgehead atoms. The molecule has 10 heteroatoms. The fourth-order valence-electron chi connectivity index (χ4n) is 3.67. The zero-order chi connectivity index (χ0) is 21.8. The molecule has 1 amide bonds. The largest absolute Gasteiger partial charge is 0.376 e. The molecule has 0 radical (unpaired) electrons. The fraction of sp³-hybridized carbons (Fsp3) is 0.333. The van der Waals surface area contributed by atoms with Crippen LogP contribution < -0.4 is 16.3 Å². The number of carbonyl (C=O) groups excluding carboxylic acids is 1. The zero-order valence-electron chi connectivity index (χ0n) is 17.0. The molecular formula is C21H25N5O4S. The second-order valence-corrected chi connectivity index (χ2v) is 9.52. The molecular weight excluding hydrogens is 418 g/mol. The molecule has 164 valence electrons. The first-order chi connectivity index (χ1) is 14.9. The third-order valence-corrected chi connectivity index (χ3v) is 7.22. The Hall–Kier alpha value is -3.11. The minimum absolute atomic E-state index is 0.0138. The number of fused-ring (bicyclic) bond motifs is 1. The van der Waals surface area contributed by atoms with E-state index in [4.69, 9.17) is 0 Å². The van der Waals surface area contributed by atoms with Crippen molar-refractivity contribution in [1.29, 1.82) is 0 Å². The molecule has 0 atom stereocenters. The van der Waals surface area contributed by atoms with Gasteiger partial charge in [-0.25, -0.2) is 13.2 Å². The van der Waals surface area contributed by atoms with E-state index in [2.05, 4.69) is 20.6 Å². The molecule has 31 heavy (non-hydrogen) atoms. The molecule has 1 aliphatic heterocycles. The summed E-state index contributed by atoms with van der Waals surface area (Å²) in [4.78, 5) is 29.1. The van der Waals surface area contributed by atoms with Gasteiger partial charge in [0.1, 0.15) is 0 Å². The summed E-state index contributed by atoms with van der Waals surface area (Å²) in [7, 11) is -3.49. The van der Waals surface area contributed by atoms with E-state index in [0.717, 1.165) is 25.7 Å². The number of hydrogen-bond acceptors (Lipinski definition) is 5. The van der Waals surface area contributed by atoms with E-state index in [1.165, 1.54) is 0 Å². The summed E-state index contributed by atoms with van der Waals surface area (Å²) in [6.07, 6.45) is 3.91. The number of H-pyrrole nitrogens is 2. The summed E-state index contributed by atoms with van der Waals surface area (Å²) >= 11 is 0. The van der Waals surface area contributed by atoms with Crippen molar-refractivity contribution >= 4 is 38.3 Å². The van der Waals surface area contributed by atoms with Crippen molar-refractivity contribution < 1.29 is 13.2 Å². The second-order valence-electron chi connectivity index (χ2n) is 7.58. The van der Waals surface area contributed by atoms with E-state index in [9.17, 15) is 18.0 Å². The minimum atomic E-state index is -3.49. The molecule has 0 spiro atoms. The van der Waals surface area contributed by atoms with Crippen LogP contribution in [0.3, 0.4) is 0 Å². The van der Waals surface area contributed by atoms with Gasteiger partial charge in [0.15, 0.2) is 0 Å². The first-order valence-electron chi connectivity index (χ1n) is 10.3. The lowest BCUT2D eigenvalue weighted by Gasteiger charge is -2.20. The van der Waals surface area contributed by atoms with Crippen LogP contribution in [0.4, 0.5) is 11.4 Å². The van der Waals surface area contributed by atoms with Gasteiger partial charge in [-0.2, -0.15) is 4.31 Å². The number of aromatic amines is 2. The number of carbonyl (C=O) groups is 1. The summed E-state index contributed by atoms with van der Waals surface area (Å²) < 4.78 is 27.2. The van der Waals surface area contributed by atoms with Crippen molar-refractivity contribution in [2.24, 2.45) is 0 Å². The predicted molar refractivity (Wildman–Crippen MR) is 120 cm³/mol. The SMILES string of the molecule is O=C(CNc1ccc(S(=O)(=O)N2CCCCCC2)cc1)Nc1ccc2[nH]c(=O)[nH]c2c1. The maximum atomic E-state index is 12.8. The van der Waals surface area contributed by atoms with Gasteiger partial charge in [-0.05, 0) is 55.3 Å². The topological polar surface area (TPSA) is 127 Å². The summed E-state index contributed by atoms with van der Waals surface area (Å²) in [5.41, 5.74) is 2.18. The van der Waals surface area contributed by atoms with Crippen LogP contribution in [-0.4, -0.2) is 48.2 Å². The number of rotatable bonds is 6. The summed E-state index contributed by atoms with van der Waals surface area (Å²) in [6.45, 7) is 1.13. The average Bonchev–Trinajstić information content (AvgIpc) is 2.93. The van der Waals surface area contributed by atoms with E-state index in [1.807, 2.05) is 0 Å². The van der Waals surface area contributed by atoms with Crippen LogP contribution >= 0.6 is 0 Å². The van der Waals surface area contributed by atoms with Crippen molar-refractivity contribution in [2.45, 2.75) is 30.6 Å². The van der Waals surface area contributed by atoms with Crippen LogP contribution in [-0.2, 0) is 14.8 Å². The normalized spacial score (nSPS) is 15.5. The van der Waals surface area contributed by atoms with E-state index in [-0.39, 0.29) is 23.0 Å². The molecule has 4 rings (SSSR count). The molecule has 1 fully saturated rings. The molecule has 1 aliphatic rings. The lowest BCUT2D eigenvalue weighted by Crippen LogP contribution is -2.31. The highest BCUT2D eigenvalue weighted by Crippen LogP contribution is 2.22. The van der Waals surface area contributed by atoms with Gasteiger partial charge in [0.25, 0.3) is 0 Å². The van der Waals surface area contributed by atoms with E-state index in [1.54, 1.807) is 46.8 Å². The lowest BCUT2D eigenvalue weighted by molar-refractivity contribution is -0.114. The van der Waals surface area contributed by atoms with Gasteiger partial charge in [-0.15, -0.1) is 0 Å². The average molecular weight is 444 g/mol. The standard InChI is InChI=1S/C21H25N5O4S/c27-20(23-16-7-10-18-19(13-16)25-21(28)24-18)14-22-15-5-8-17(9-6-15)31(29,30)26-11-3-1-2-4-12-26/h5-10,13,22H,1-4,11-12,14H2,(H,23,27)(H2,24,25,28). The Bertz CT molecular complexity index is 1220. The molecule has 4 N–H and O–H groups in total. The molecule has 0 aliphatic carbocycles. The van der Waals surface area contributed by atoms with E-state index in [0.29, 0.717) is 35.5 Å². The highest BCUT2D eigenvalue weighted by atomic mass is 32.2. The minimum Gasteiger partial charge on any atom is -0.376 e. The van der Waals surface area contributed by atoms with Gasteiger partial charge in [0.05, 0.1) is 22.5 Å². The first kappa shape index (κ1) is 21.1. The van der Waals surface area contributed by atoms with Crippen LogP contribution in [0.5, 0.6) is 0 Å². The van der Waals surface area contributed by atoms with Crippen molar-refractivity contribution in [3.8, 4) is 0 Å². The van der Waals surface area contributed by atoms with Crippen LogP contribution in [0.25, 0.3) is 11.0 Å². The third kappa shape index (κ3) is 4.97. The Morgan fingerprint density at radius 2 is 1.55 bits per heavy atom. The Labute approximate surface area is 179 Å². The van der Waals surface area contributed by atoms with Crippen LogP contribution in [0.2, 0.25) is 0 Å². The summed E-state index contributed by atoms with van der Waals surface area (Å²) in [5.74, 6) is -0.265. The Morgan fingerprint density at radius 1 is 0.903 bits per heavy atom. The number of amides is 1. The number of hydrogen-bond donors (Lipinski definition) is 4. The summed E-state index contributed by atoms with van der Waals surface area (Å²) in [6, 6.07) is 11.5. The number of sulfonamides is 1. The monoisotopic (exact) mass is 443 g/mol. The Morgan fingerprint density at radius 3 is 2.26 bits per heavy atom. The number of nitrogens with one attached hydrogen (secondary N) is 4. The molecule has 1 aromatic heterocycles. The van der Waals surface area contributed by atoms with Crippen LogP contribution in [0.15, 0.2) is 52.2 Å². The predicted octanol–water partition coefficient (Wildman–Crippen LogP) is 2.47. The van der Waals surface area contributed by atoms with Crippen molar-refractivity contribution in [3.63, 3.8) is 0 Å². The maximum Gasteiger partial charge on any atom is 0.323 e. The number of aromatic nitrogens is 2. The molecule has 3 aromatic rings. The van der Waals surface area contributed by atoms with Crippen LogP contribution in [0.1, 0.15) is 25.7 Å². The van der Waals surface area contributed by atoms with Gasteiger partial charge in [0, 0.05) is 24.5 Å². The molecule has 2 aromatic carbocycles. The number of imidazole rings is 1. The van der Waals surface area contributed by atoms with Gasteiger partial charge in [-0.1, -0.05) is 12.8 Å². The van der Waals surface area contributed by atoms with Crippen molar-refractivity contribution in [3.05, 3.63) is 52.9 Å². The van der Waals surface area contributed by atoms with Crippen LogP contribution in [0, 0.1) is 0 Å². The number of nitrogens with zero attached hydrogens (tertiary/aromatic N) is 1. The fourth-order valence-corrected chi connectivity index (χ4v) is 5.19. The first-order valence-corrected chi connectivity index (χ1v) is 11.7. The second kappa shape index (κ2) is 8.94. The van der Waals surface area contributed by atoms with E-state index >= 15 is 0 Å². The molecule has 1 saturated heterocycles. The van der Waals surface area contributed by atoms with Crippen molar-refractivity contribution in [2.75, 3.05) is 30.3 Å². The highest BCUT2D eigenvalue weighted by molar-refractivity contribution is 7.89. The highest BCUT2D eigenvalue weighted by Gasteiger charge is 2.24. The van der Waals surface area contributed by atoms with Gasteiger partial charge >= 0.3 is 5.69 Å². The van der Waals surface area contributed by atoms with Crippen molar-refractivity contribution in [1.82, 2.24) is 14.3 Å². The maximum absolute atomic E-state index is 12.8. The third-order valence-electron chi connectivity index (χ3n) is 5.31. The van der Waals surface area contributed by atoms with Gasteiger partial charge in [0.2, 0.25) is 15.9 Å². The zero-order valence-corrected chi connectivity index (χ0v) is 17.8. The molecule has 0 saturated carbocycles. The quantitative estimate of drug-likeness (QED) is 0.465. The smallest absolute Gasteiger partial charge is 0.323 e. The van der Waals surface area contributed by atoms with Gasteiger partial charge in [-0.3, -0.25) is 4.79 Å². The van der Waals surface area contributed by atoms with E-state index < -0.39 is 10.0 Å². The molecule has 0 unspecified atom stereocenters.